The molecule has 0 aliphatic heterocycles. The van der Waals surface area contributed by atoms with Crippen molar-refractivity contribution in [2.75, 3.05) is 5.73 Å². The van der Waals surface area contributed by atoms with Gasteiger partial charge in [-0.05, 0) is 30.7 Å². The highest BCUT2D eigenvalue weighted by Gasteiger charge is 2.06. The number of aryl methyl sites for hydroxylation is 1. The predicted molar refractivity (Wildman–Crippen MR) is 68.8 cm³/mol. The van der Waals surface area contributed by atoms with Gasteiger partial charge >= 0.3 is 0 Å². The second kappa shape index (κ2) is 5.27. The van der Waals surface area contributed by atoms with Gasteiger partial charge in [0.05, 0.1) is 0 Å². The summed E-state index contributed by atoms with van der Waals surface area (Å²) in [5, 5.41) is 2.76. The first-order chi connectivity index (χ1) is 8.65. The third-order valence-electron chi connectivity index (χ3n) is 2.43. The molecule has 1 amide bonds. The van der Waals surface area contributed by atoms with E-state index in [2.05, 4.69) is 15.3 Å². The SMILES string of the molecule is Cc1ccc(CNC(=O)c2cccc(N)n2)cn1. The predicted octanol–water partition coefficient (Wildman–Crippen LogP) is 1.30. The molecule has 3 N–H and O–H groups in total. The van der Waals surface area contributed by atoms with Crippen LogP contribution in [-0.2, 0) is 6.54 Å². The molecule has 92 valence electrons. The Balaban J connectivity index is 1.98. The van der Waals surface area contributed by atoms with Crippen LogP contribution in [0.3, 0.4) is 0 Å². The number of rotatable bonds is 3. The molecular weight excluding hydrogens is 228 g/mol. The topological polar surface area (TPSA) is 80.9 Å². The molecule has 0 fully saturated rings. The highest BCUT2D eigenvalue weighted by Crippen LogP contribution is 2.02. The van der Waals surface area contributed by atoms with Crippen molar-refractivity contribution in [2.24, 2.45) is 0 Å². The molecule has 5 heteroatoms. The van der Waals surface area contributed by atoms with Gasteiger partial charge in [-0.2, -0.15) is 0 Å². The van der Waals surface area contributed by atoms with Crippen LogP contribution < -0.4 is 11.1 Å². The van der Waals surface area contributed by atoms with Crippen LogP contribution in [-0.4, -0.2) is 15.9 Å². The fourth-order valence-electron chi connectivity index (χ4n) is 1.45. The molecule has 0 bridgehead atoms. The molecule has 0 radical (unpaired) electrons. The van der Waals surface area contributed by atoms with Crippen molar-refractivity contribution in [3.8, 4) is 0 Å². The summed E-state index contributed by atoms with van der Waals surface area (Å²) in [7, 11) is 0. The maximum absolute atomic E-state index is 11.8. The smallest absolute Gasteiger partial charge is 0.270 e. The van der Waals surface area contributed by atoms with Crippen LogP contribution in [0.1, 0.15) is 21.7 Å². The Morgan fingerprint density at radius 3 is 2.83 bits per heavy atom. The van der Waals surface area contributed by atoms with Crippen LogP contribution in [0.4, 0.5) is 5.82 Å². The van der Waals surface area contributed by atoms with E-state index in [0.717, 1.165) is 11.3 Å². The van der Waals surface area contributed by atoms with Crippen LogP contribution in [0.25, 0.3) is 0 Å². The highest BCUT2D eigenvalue weighted by molar-refractivity contribution is 5.92. The summed E-state index contributed by atoms with van der Waals surface area (Å²) in [5.41, 5.74) is 7.72. The zero-order valence-electron chi connectivity index (χ0n) is 10.1. The Bertz CT molecular complexity index is 551. The summed E-state index contributed by atoms with van der Waals surface area (Å²) >= 11 is 0. The molecule has 2 aromatic rings. The lowest BCUT2D eigenvalue weighted by Gasteiger charge is -2.05. The summed E-state index contributed by atoms with van der Waals surface area (Å²) in [6.45, 7) is 2.33. The number of aromatic nitrogens is 2. The third-order valence-corrected chi connectivity index (χ3v) is 2.43. The monoisotopic (exact) mass is 242 g/mol. The van der Waals surface area contributed by atoms with Crippen LogP contribution in [0.15, 0.2) is 36.5 Å². The molecule has 0 aliphatic carbocycles. The van der Waals surface area contributed by atoms with E-state index in [0.29, 0.717) is 18.1 Å². The molecule has 0 saturated heterocycles. The summed E-state index contributed by atoms with van der Waals surface area (Å²) in [5.74, 6) is 0.0857. The summed E-state index contributed by atoms with van der Waals surface area (Å²) < 4.78 is 0. The van der Waals surface area contributed by atoms with Crippen molar-refractivity contribution in [1.29, 1.82) is 0 Å². The van der Waals surface area contributed by atoms with Crippen molar-refractivity contribution in [2.45, 2.75) is 13.5 Å². The number of nitrogens with one attached hydrogen (secondary N) is 1. The quantitative estimate of drug-likeness (QED) is 0.850. The number of nitrogen functional groups attached to an aromatic ring is 1. The highest BCUT2D eigenvalue weighted by atomic mass is 16.1. The first-order valence-corrected chi connectivity index (χ1v) is 5.57. The van der Waals surface area contributed by atoms with Crippen molar-refractivity contribution < 1.29 is 4.79 Å². The fraction of sp³-hybridized carbons (Fsp3) is 0.154. The second-order valence-electron chi connectivity index (χ2n) is 3.94. The minimum Gasteiger partial charge on any atom is -0.384 e. The number of pyridine rings is 2. The number of amides is 1. The van der Waals surface area contributed by atoms with Gasteiger partial charge in [0.25, 0.3) is 5.91 Å². The number of nitrogens with zero attached hydrogens (tertiary/aromatic N) is 2. The summed E-state index contributed by atoms with van der Waals surface area (Å²) in [6, 6.07) is 8.79. The van der Waals surface area contributed by atoms with E-state index in [4.69, 9.17) is 5.73 Å². The maximum atomic E-state index is 11.8. The lowest BCUT2D eigenvalue weighted by molar-refractivity contribution is 0.0946. The van der Waals surface area contributed by atoms with Gasteiger partial charge in [0, 0.05) is 18.4 Å². The molecule has 2 aromatic heterocycles. The normalized spacial score (nSPS) is 10.1. The molecule has 0 saturated carbocycles. The number of carbonyl (C=O) groups excluding carboxylic acids is 1. The molecular formula is C13H14N4O. The average Bonchev–Trinajstić information content (AvgIpc) is 2.38. The minimum atomic E-state index is -0.247. The Labute approximate surface area is 105 Å². The molecule has 0 aliphatic rings. The summed E-state index contributed by atoms with van der Waals surface area (Å²) in [4.78, 5) is 19.9. The standard InChI is InChI=1S/C13H14N4O/c1-9-5-6-10(7-15-9)8-16-13(18)11-3-2-4-12(14)17-11/h2-7H,8H2,1H3,(H2,14,17)(H,16,18). The maximum Gasteiger partial charge on any atom is 0.270 e. The van der Waals surface area contributed by atoms with E-state index < -0.39 is 0 Å². The molecule has 0 spiro atoms. The lowest BCUT2D eigenvalue weighted by Crippen LogP contribution is -2.24. The van der Waals surface area contributed by atoms with Crippen molar-refractivity contribution >= 4 is 11.7 Å². The lowest BCUT2D eigenvalue weighted by atomic mass is 10.2. The van der Waals surface area contributed by atoms with Crippen LogP contribution in [0.5, 0.6) is 0 Å². The van der Waals surface area contributed by atoms with Gasteiger partial charge in [0.1, 0.15) is 11.5 Å². The van der Waals surface area contributed by atoms with Crippen LogP contribution >= 0.6 is 0 Å². The van der Waals surface area contributed by atoms with Gasteiger partial charge < -0.3 is 11.1 Å². The molecule has 18 heavy (non-hydrogen) atoms. The van der Waals surface area contributed by atoms with Gasteiger partial charge in [0.2, 0.25) is 0 Å². The van der Waals surface area contributed by atoms with Gasteiger partial charge in [-0.3, -0.25) is 9.78 Å². The average molecular weight is 242 g/mol. The second-order valence-corrected chi connectivity index (χ2v) is 3.94. The molecule has 0 atom stereocenters. The fourth-order valence-corrected chi connectivity index (χ4v) is 1.45. The van der Waals surface area contributed by atoms with E-state index in [1.54, 1.807) is 24.4 Å². The first-order valence-electron chi connectivity index (χ1n) is 5.57. The number of anilines is 1. The van der Waals surface area contributed by atoms with Gasteiger partial charge in [-0.15, -0.1) is 0 Å². The van der Waals surface area contributed by atoms with Crippen molar-refractivity contribution in [3.05, 3.63) is 53.5 Å². The Hall–Kier alpha value is -2.43. The van der Waals surface area contributed by atoms with E-state index in [1.165, 1.54) is 0 Å². The number of nitrogens with two attached hydrogens (primary N) is 1. The van der Waals surface area contributed by atoms with Crippen LogP contribution in [0.2, 0.25) is 0 Å². The molecule has 2 heterocycles. The molecule has 2 rings (SSSR count). The number of carbonyl (C=O) groups is 1. The molecule has 5 nitrogen and oxygen atoms in total. The van der Waals surface area contributed by atoms with Gasteiger partial charge in [0.15, 0.2) is 0 Å². The van der Waals surface area contributed by atoms with Crippen molar-refractivity contribution in [3.63, 3.8) is 0 Å². The summed E-state index contributed by atoms with van der Waals surface area (Å²) in [6.07, 6.45) is 1.74. The van der Waals surface area contributed by atoms with Crippen LogP contribution in [0, 0.1) is 6.92 Å². The molecule has 0 aromatic carbocycles. The van der Waals surface area contributed by atoms with Crippen molar-refractivity contribution in [1.82, 2.24) is 15.3 Å². The molecule has 0 unspecified atom stereocenters. The Morgan fingerprint density at radius 1 is 1.33 bits per heavy atom. The zero-order valence-corrected chi connectivity index (χ0v) is 10.1. The Morgan fingerprint density at radius 2 is 2.17 bits per heavy atom. The van der Waals surface area contributed by atoms with Gasteiger partial charge in [-0.1, -0.05) is 12.1 Å². The zero-order chi connectivity index (χ0) is 13.0. The largest absolute Gasteiger partial charge is 0.384 e. The first kappa shape index (κ1) is 12.0. The van der Waals surface area contributed by atoms with E-state index in [-0.39, 0.29) is 5.91 Å². The Kier molecular flexibility index (Phi) is 3.52. The van der Waals surface area contributed by atoms with E-state index in [9.17, 15) is 4.79 Å². The number of hydrogen-bond donors (Lipinski definition) is 2. The van der Waals surface area contributed by atoms with E-state index in [1.807, 2.05) is 19.1 Å². The number of hydrogen-bond acceptors (Lipinski definition) is 4. The van der Waals surface area contributed by atoms with Gasteiger partial charge in [-0.25, -0.2) is 4.98 Å². The van der Waals surface area contributed by atoms with E-state index >= 15 is 0 Å². The minimum absolute atomic E-state index is 0.247. The third kappa shape index (κ3) is 3.04.